The fourth-order valence-electron chi connectivity index (χ4n) is 5.54. The van der Waals surface area contributed by atoms with E-state index in [1.54, 1.807) is 30.3 Å². The van der Waals surface area contributed by atoms with E-state index in [0.29, 0.717) is 5.56 Å². The highest BCUT2D eigenvalue weighted by molar-refractivity contribution is 6.09. The summed E-state index contributed by atoms with van der Waals surface area (Å²) in [4.78, 5) is 41.8. The van der Waals surface area contributed by atoms with Gasteiger partial charge in [-0.1, -0.05) is 84.4 Å². The SMILES string of the molecule is Cc1ccc(C)c(C2NC(C(=O)O)(c3ccccc3)C3C(=O)N(Cc4ccccc4)C(=O)C23)c1. The minimum atomic E-state index is -1.72. The number of likely N-dealkylation sites (tertiary alicyclic amines) is 1. The van der Waals surface area contributed by atoms with Crippen molar-refractivity contribution in [2.45, 2.75) is 32.0 Å². The molecule has 0 spiro atoms. The van der Waals surface area contributed by atoms with Gasteiger partial charge in [-0.3, -0.25) is 19.8 Å². The van der Waals surface area contributed by atoms with Gasteiger partial charge in [-0.05, 0) is 36.1 Å². The summed E-state index contributed by atoms with van der Waals surface area (Å²) in [5, 5.41) is 13.9. The molecule has 2 heterocycles. The van der Waals surface area contributed by atoms with Crippen molar-refractivity contribution >= 4 is 17.8 Å². The van der Waals surface area contributed by atoms with Crippen LogP contribution in [0.3, 0.4) is 0 Å². The lowest BCUT2D eigenvalue weighted by atomic mass is 9.75. The molecule has 0 bridgehead atoms. The van der Waals surface area contributed by atoms with E-state index in [0.717, 1.165) is 22.3 Å². The van der Waals surface area contributed by atoms with Crippen molar-refractivity contribution in [2.75, 3.05) is 0 Å². The van der Waals surface area contributed by atoms with Crippen LogP contribution in [-0.4, -0.2) is 27.8 Å². The van der Waals surface area contributed by atoms with E-state index in [1.807, 2.05) is 62.4 Å². The summed E-state index contributed by atoms with van der Waals surface area (Å²) in [5.41, 5.74) is 2.36. The maximum atomic E-state index is 13.8. The summed E-state index contributed by atoms with van der Waals surface area (Å²) in [6.07, 6.45) is 0. The number of carboxylic acid groups (broad SMARTS) is 1. The summed E-state index contributed by atoms with van der Waals surface area (Å²) >= 11 is 0. The van der Waals surface area contributed by atoms with Crippen molar-refractivity contribution in [3.8, 4) is 0 Å². The van der Waals surface area contributed by atoms with Crippen LogP contribution in [0.15, 0.2) is 78.9 Å². The molecule has 5 rings (SSSR count). The molecule has 4 atom stereocenters. The van der Waals surface area contributed by atoms with E-state index in [2.05, 4.69) is 5.32 Å². The Morgan fingerprint density at radius 1 is 0.941 bits per heavy atom. The Balaban J connectivity index is 1.68. The Labute approximate surface area is 198 Å². The lowest BCUT2D eigenvalue weighted by Gasteiger charge is -2.32. The zero-order valence-electron chi connectivity index (χ0n) is 19.1. The fraction of sp³-hybridized carbons (Fsp3) is 0.250. The molecule has 3 aromatic carbocycles. The molecule has 2 N–H and O–H groups in total. The second-order valence-corrected chi connectivity index (χ2v) is 9.21. The first kappa shape index (κ1) is 22.0. The molecule has 172 valence electrons. The average Bonchev–Trinajstić information content (AvgIpc) is 3.32. The number of aryl methyl sites for hydroxylation is 2. The number of benzene rings is 3. The van der Waals surface area contributed by atoms with Crippen LogP contribution in [0.2, 0.25) is 0 Å². The lowest BCUT2D eigenvalue weighted by Crippen LogP contribution is -2.53. The number of carboxylic acids is 1. The third kappa shape index (κ3) is 3.25. The molecular weight excluding hydrogens is 428 g/mol. The molecule has 3 aromatic rings. The van der Waals surface area contributed by atoms with Crippen molar-refractivity contribution in [3.63, 3.8) is 0 Å². The Kier molecular flexibility index (Phi) is 5.33. The normalized spacial score (nSPS) is 26.1. The smallest absolute Gasteiger partial charge is 0.329 e. The van der Waals surface area contributed by atoms with Crippen LogP contribution >= 0.6 is 0 Å². The summed E-state index contributed by atoms with van der Waals surface area (Å²) in [5.74, 6) is -3.84. The zero-order chi connectivity index (χ0) is 24.0. The largest absolute Gasteiger partial charge is 0.480 e. The number of nitrogens with zero attached hydrogens (tertiary/aromatic N) is 1. The molecule has 6 nitrogen and oxygen atoms in total. The third-order valence-electron chi connectivity index (χ3n) is 7.17. The van der Waals surface area contributed by atoms with Crippen molar-refractivity contribution in [3.05, 3.63) is 107 Å². The van der Waals surface area contributed by atoms with Gasteiger partial charge < -0.3 is 5.11 Å². The number of hydrogen-bond donors (Lipinski definition) is 2. The molecule has 2 fully saturated rings. The van der Waals surface area contributed by atoms with Gasteiger partial charge in [0.05, 0.1) is 18.4 Å². The molecule has 0 aromatic heterocycles. The van der Waals surface area contributed by atoms with Crippen molar-refractivity contribution in [1.82, 2.24) is 10.2 Å². The number of fused-ring (bicyclic) bond motifs is 1. The van der Waals surface area contributed by atoms with Crippen LogP contribution in [0.4, 0.5) is 0 Å². The summed E-state index contributed by atoms with van der Waals surface area (Å²) in [6, 6.07) is 23.3. The number of carbonyl (C=O) groups excluding carboxylic acids is 2. The number of carbonyl (C=O) groups is 3. The molecule has 2 aliphatic rings. The van der Waals surface area contributed by atoms with E-state index in [9.17, 15) is 19.5 Å². The molecule has 0 radical (unpaired) electrons. The molecule has 2 amide bonds. The fourth-order valence-corrected chi connectivity index (χ4v) is 5.54. The van der Waals surface area contributed by atoms with Gasteiger partial charge in [0.25, 0.3) is 0 Å². The number of imide groups is 1. The maximum absolute atomic E-state index is 13.8. The molecule has 2 aliphatic heterocycles. The van der Waals surface area contributed by atoms with Gasteiger partial charge in [0.1, 0.15) is 0 Å². The van der Waals surface area contributed by atoms with Crippen molar-refractivity contribution in [1.29, 1.82) is 0 Å². The number of rotatable bonds is 5. The maximum Gasteiger partial charge on any atom is 0.329 e. The van der Waals surface area contributed by atoms with E-state index in [4.69, 9.17) is 0 Å². The summed E-state index contributed by atoms with van der Waals surface area (Å²) < 4.78 is 0. The first-order valence-electron chi connectivity index (χ1n) is 11.4. The number of nitrogens with one attached hydrogen (secondary N) is 1. The Hall–Kier alpha value is -3.77. The molecule has 6 heteroatoms. The molecule has 34 heavy (non-hydrogen) atoms. The van der Waals surface area contributed by atoms with Crippen LogP contribution < -0.4 is 5.32 Å². The third-order valence-corrected chi connectivity index (χ3v) is 7.17. The predicted molar refractivity (Wildman–Crippen MR) is 127 cm³/mol. The van der Waals surface area contributed by atoms with Crippen molar-refractivity contribution < 1.29 is 19.5 Å². The Bertz CT molecular complexity index is 1270. The molecule has 0 saturated carbocycles. The lowest BCUT2D eigenvalue weighted by molar-refractivity contribution is -0.152. The topological polar surface area (TPSA) is 86.7 Å². The molecular formula is C28H26N2O4. The van der Waals surface area contributed by atoms with Gasteiger partial charge in [-0.25, -0.2) is 4.79 Å². The quantitative estimate of drug-likeness (QED) is 0.574. The van der Waals surface area contributed by atoms with E-state index >= 15 is 0 Å². The van der Waals surface area contributed by atoms with Crippen LogP contribution in [0, 0.1) is 25.7 Å². The van der Waals surface area contributed by atoms with Gasteiger partial charge in [0.15, 0.2) is 5.54 Å². The molecule has 4 unspecified atom stereocenters. The second-order valence-electron chi connectivity index (χ2n) is 9.21. The number of amides is 2. The highest BCUT2D eigenvalue weighted by atomic mass is 16.4. The highest BCUT2D eigenvalue weighted by Gasteiger charge is 2.69. The minimum absolute atomic E-state index is 0.121. The van der Waals surface area contributed by atoms with Crippen LogP contribution in [0.25, 0.3) is 0 Å². The van der Waals surface area contributed by atoms with Gasteiger partial charge in [0, 0.05) is 6.04 Å². The minimum Gasteiger partial charge on any atom is -0.480 e. The van der Waals surface area contributed by atoms with Crippen LogP contribution in [0.1, 0.15) is 33.9 Å². The Morgan fingerprint density at radius 3 is 2.24 bits per heavy atom. The van der Waals surface area contributed by atoms with Gasteiger partial charge >= 0.3 is 5.97 Å². The summed E-state index contributed by atoms with van der Waals surface area (Å²) in [6.45, 7) is 4.02. The molecule has 2 saturated heterocycles. The predicted octanol–water partition coefficient (Wildman–Crippen LogP) is 3.73. The number of hydrogen-bond acceptors (Lipinski definition) is 4. The van der Waals surface area contributed by atoms with E-state index < -0.39 is 35.3 Å². The number of aliphatic carboxylic acids is 1. The van der Waals surface area contributed by atoms with Gasteiger partial charge in [0.2, 0.25) is 11.8 Å². The zero-order valence-corrected chi connectivity index (χ0v) is 19.1. The molecule has 0 aliphatic carbocycles. The van der Waals surface area contributed by atoms with E-state index in [1.165, 1.54) is 4.90 Å². The standard InChI is InChI=1S/C28H26N2O4/c1-17-13-14-18(2)21(15-17)24-22-23(28(29-24,27(33)34)20-11-7-4-8-12-20)26(32)30(25(22)31)16-19-9-5-3-6-10-19/h3-15,22-24,29H,16H2,1-2H3,(H,33,34). The monoisotopic (exact) mass is 454 g/mol. The van der Waals surface area contributed by atoms with Crippen LogP contribution in [-0.2, 0) is 26.5 Å². The van der Waals surface area contributed by atoms with Gasteiger partial charge in [-0.2, -0.15) is 0 Å². The van der Waals surface area contributed by atoms with E-state index in [-0.39, 0.29) is 12.5 Å². The highest BCUT2D eigenvalue weighted by Crippen LogP contribution is 2.53. The summed E-state index contributed by atoms with van der Waals surface area (Å²) in [7, 11) is 0. The second kappa shape index (κ2) is 8.22. The van der Waals surface area contributed by atoms with Crippen molar-refractivity contribution in [2.24, 2.45) is 11.8 Å². The van der Waals surface area contributed by atoms with Crippen LogP contribution in [0.5, 0.6) is 0 Å². The first-order valence-corrected chi connectivity index (χ1v) is 11.4. The Morgan fingerprint density at radius 2 is 1.59 bits per heavy atom. The first-order chi connectivity index (χ1) is 16.3. The average molecular weight is 455 g/mol. The van der Waals surface area contributed by atoms with Gasteiger partial charge in [-0.15, -0.1) is 0 Å².